The second-order valence-corrected chi connectivity index (χ2v) is 9.05. The Morgan fingerprint density at radius 2 is 1.92 bits per heavy atom. The van der Waals surface area contributed by atoms with Crippen molar-refractivity contribution in [1.82, 2.24) is 19.5 Å². The molecule has 4 aromatic rings. The SMILES string of the molecule is C=CC(=O)N(C)c1cncc(-c2cnc3c(c2)c(-c2ccnc(OC)c2)cn3C(C)OP(=O)(O)O)c1. The lowest BCUT2D eigenvalue weighted by molar-refractivity contribution is -0.113. The molecule has 0 aliphatic rings. The zero-order valence-electron chi connectivity index (χ0n) is 19.8. The van der Waals surface area contributed by atoms with Crippen LogP contribution in [0.25, 0.3) is 33.3 Å². The number of aromatic nitrogens is 4. The lowest BCUT2D eigenvalue weighted by Crippen LogP contribution is -2.23. The number of carbonyl (C=O) groups excluding carboxylic acids is 1. The molecule has 1 atom stereocenters. The van der Waals surface area contributed by atoms with Crippen LogP contribution >= 0.6 is 7.82 Å². The molecule has 4 aromatic heterocycles. The third-order valence-electron chi connectivity index (χ3n) is 5.56. The van der Waals surface area contributed by atoms with Crippen LogP contribution in [0.2, 0.25) is 0 Å². The summed E-state index contributed by atoms with van der Waals surface area (Å²) in [6.45, 7) is 5.03. The summed E-state index contributed by atoms with van der Waals surface area (Å²) in [4.78, 5) is 45.1. The predicted molar refractivity (Wildman–Crippen MR) is 134 cm³/mol. The second kappa shape index (κ2) is 10.00. The number of fused-ring (bicyclic) bond motifs is 1. The van der Waals surface area contributed by atoms with E-state index in [4.69, 9.17) is 9.26 Å². The first kappa shape index (κ1) is 25.2. The maximum atomic E-state index is 12.0. The zero-order valence-corrected chi connectivity index (χ0v) is 20.7. The number of carbonyl (C=O) groups is 1. The van der Waals surface area contributed by atoms with Crippen molar-refractivity contribution < 1.29 is 28.4 Å². The molecule has 186 valence electrons. The van der Waals surface area contributed by atoms with E-state index in [1.54, 1.807) is 54.7 Å². The fraction of sp³-hybridized carbons (Fsp3) is 0.167. The van der Waals surface area contributed by atoms with Crippen LogP contribution in [0.5, 0.6) is 5.88 Å². The van der Waals surface area contributed by atoms with Gasteiger partial charge in [-0.1, -0.05) is 6.58 Å². The van der Waals surface area contributed by atoms with E-state index in [-0.39, 0.29) is 5.91 Å². The van der Waals surface area contributed by atoms with Crippen molar-refractivity contribution in [3.8, 4) is 28.1 Å². The summed E-state index contributed by atoms with van der Waals surface area (Å²) in [6.07, 6.45) is 8.38. The van der Waals surface area contributed by atoms with Gasteiger partial charge >= 0.3 is 7.82 Å². The van der Waals surface area contributed by atoms with Gasteiger partial charge in [-0.15, -0.1) is 0 Å². The highest BCUT2D eigenvalue weighted by molar-refractivity contribution is 7.46. The largest absolute Gasteiger partial charge is 0.481 e. The highest BCUT2D eigenvalue weighted by Crippen LogP contribution is 2.42. The number of rotatable bonds is 8. The highest BCUT2D eigenvalue weighted by atomic mass is 31.2. The van der Waals surface area contributed by atoms with Gasteiger partial charge in [-0.05, 0) is 36.8 Å². The first-order valence-electron chi connectivity index (χ1n) is 10.7. The third-order valence-corrected chi connectivity index (χ3v) is 6.14. The molecule has 1 amide bonds. The number of nitrogens with zero attached hydrogens (tertiary/aromatic N) is 5. The molecule has 12 heteroatoms. The molecular formula is C24H24N5O6P. The van der Waals surface area contributed by atoms with Crippen molar-refractivity contribution in [2.75, 3.05) is 19.1 Å². The van der Waals surface area contributed by atoms with Crippen molar-refractivity contribution in [2.45, 2.75) is 13.2 Å². The maximum absolute atomic E-state index is 12.0. The average Bonchev–Trinajstić information content (AvgIpc) is 3.26. The van der Waals surface area contributed by atoms with Gasteiger partial charge in [0.05, 0.1) is 19.0 Å². The monoisotopic (exact) mass is 509 g/mol. The minimum Gasteiger partial charge on any atom is -0.481 e. The average molecular weight is 509 g/mol. The van der Waals surface area contributed by atoms with Gasteiger partial charge in [0.1, 0.15) is 11.9 Å². The molecule has 1 unspecified atom stereocenters. The Kier molecular flexibility index (Phi) is 7.00. The summed E-state index contributed by atoms with van der Waals surface area (Å²) in [5, 5.41) is 0.697. The fourth-order valence-electron chi connectivity index (χ4n) is 3.77. The van der Waals surface area contributed by atoms with Crippen molar-refractivity contribution in [3.05, 3.63) is 67.9 Å². The standard InChI is InChI=1S/C24H24N5O6P/c1-5-23(30)28(3)19-8-17(11-25-13-19)18-9-20-21(16-6-7-26-22(10-16)34-4)14-29(24(20)27-12-18)15(2)35-36(31,32)33/h5-15H,1H2,2-4H3,(H2,31,32,33). The predicted octanol–water partition coefficient (Wildman–Crippen LogP) is 3.95. The summed E-state index contributed by atoms with van der Waals surface area (Å²) in [7, 11) is -1.61. The number of phosphoric acid groups is 1. The number of methoxy groups -OCH3 is 1. The van der Waals surface area contributed by atoms with Crippen LogP contribution in [-0.2, 0) is 13.9 Å². The molecular weight excluding hydrogens is 485 g/mol. The number of hydrogen-bond donors (Lipinski definition) is 2. The van der Waals surface area contributed by atoms with Crippen LogP contribution in [0.1, 0.15) is 13.2 Å². The van der Waals surface area contributed by atoms with E-state index in [9.17, 15) is 19.1 Å². The van der Waals surface area contributed by atoms with E-state index in [1.165, 1.54) is 25.0 Å². The number of hydrogen-bond acceptors (Lipinski definition) is 7. The Balaban J connectivity index is 1.88. The van der Waals surface area contributed by atoms with Gasteiger partial charge in [-0.3, -0.25) is 14.3 Å². The molecule has 0 spiro atoms. The van der Waals surface area contributed by atoms with E-state index in [0.29, 0.717) is 22.6 Å². The van der Waals surface area contributed by atoms with Crippen LogP contribution < -0.4 is 9.64 Å². The first-order valence-corrected chi connectivity index (χ1v) is 12.2. The topological polar surface area (TPSA) is 140 Å². The lowest BCUT2D eigenvalue weighted by Gasteiger charge is -2.16. The number of likely N-dealkylation sites (N-methyl/N-ethyl adjacent to an activating group) is 1. The zero-order chi connectivity index (χ0) is 26.0. The molecule has 0 fully saturated rings. The first-order chi connectivity index (χ1) is 17.1. The molecule has 0 aliphatic heterocycles. The van der Waals surface area contributed by atoms with E-state index >= 15 is 0 Å². The molecule has 11 nitrogen and oxygen atoms in total. The Morgan fingerprint density at radius 3 is 2.61 bits per heavy atom. The summed E-state index contributed by atoms with van der Waals surface area (Å²) < 4.78 is 23.2. The van der Waals surface area contributed by atoms with Crippen LogP contribution in [0.4, 0.5) is 5.69 Å². The quantitative estimate of drug-likeness (QED) is 0.267. The fourth-order valence-corrected chi connectivity index (χ4v) is 4.27. The molecule has 4 heterocycles. The van der Waals surface area contributed by atoms with Crippen molar-refractivity contribution >= 4 is 30.5 Å². The number of pyridine rings is 3. The number of phosphoric ester groups is 1. The van der Waals surface area contributed by atoms with Gasteiger partial charge in [-0.25, -0.2) is 14.5 Å². The highest BCUT2D eigenvalue weighted by Gasteiger charge is 2.23. The molecule has 0 radical (unpaired) electrons. The Bertz CT molecular complexity index is 1500. The smallest absolute Gasteiger partial charge is 0.471 e. The minimum absolute atomic E-state index is 0.271. The van der Waals surface area contributed by atoms with Crippen molar-refractivity contribution in [2.24, 2.45) is 0 Å². The number of amides is 1. The minimum atomic E-state index is -4.75. The summed E-state index contributed by atoms with van der Waals surface area (Å²) in [5.74, 6) is 0.136. The van der Waals surface area contributed by atoms with Crippen LogP contribution in [0.15, 0.2) is 67.9 Å². The van der Waals surface area contributed by atoms with Gasteiger partial charge in [-0.2, -0.15) is 0 Å². The van der Waals surface area contributed by atoms with Gasteiger partial charge < -0.3 is 24.0 Å². The van der Waals surface area contributed by atoms with Gasteiger partial charge in [0.15, 0.2) is 0 Å². The molecule has 2 N–H and O–H groups in total. The Hall–Kier alpha value is -3.89. The molecule has 36 heavy (non-hydrogen) atoms. The van der Waals surface area contributed by atoms with E-state index < -0.39 is 14.1 Å². The summed E-state index contributed by atoms with van der Waals surface area (Å²) in [6, 6.07) is 7.24. The van der Waals surface area contributed by atoms with E-state index in [0.717, 1.165) is 22.3 Å². The van der Waals surface area contributed by atoms with Gasteiger partial charge in [0.25, 0.3) is 0 Å². The third kappa shape index (κ3) is 5.19. The molecule has 0 aromatic carbocycles. The lowest BCUT2D eigenvalue weighted by atomic mass is 10.0. The second-order valence-electron chi connectivity index (χ2n) is 7.86. The van der Waals surface area contributed by atoms with E-state index in [2.05, 4.69) is 21.5 Å². The summed E-state index contributed by atoms with van der Waals surface area (Å²) in [5.41, 5.74) is 3.96. The van der Waals surface area contributed by atoms with Gasteiger partial charge in [0, 0.05) is 60.0 Å². The molecule has 0 saturated carbocycles. The molecule has 4 rings (SSSR count). The van der Waals surface area contributed by atoms with E-state index in [1.807, 2.05) is 12.1 Å². The van der Waals surface area contributed by atoms with Crippen LogP contribution in [0, 0.1) is 0 Å². The normalized spacial score (nSPS) is 12.4. The Morgan fingerprint density at radius 1 is 1.17 bits per heavy atom. The van der Waals surface area contributed by atoms with Crippen LogP contribution in [-0.4, -0.2) is 49.4 Å². The molecule has 0 saturated heterocycles. The Labute approximate surface area is 206 Å². The number of anilines is 1. The van der Waals surface area contributed by atoms with Crippen molar-refractivity contribution in [3.63, 3.8) is 0 Å². The number of ether oxygens (including phenoxy) is 1. The summed E-state index contributed by atoms with van der Waals surface area (Å²) >= 11 is 0. The van der Waals surface area contributed by atoms with Crippen molar-refractivity contribution in [1.29, 1.82) is 0 Å². The molecule has 0 bridgehead atoms. The van der Waals surface area contributed by atoms with Gasteiger partial charge in [0.2, 0.25) is 11.8 Å². The maximum Gasteiger partial charge on any atom is 0.471 e. The van der Waals surface area contributed by atoms with Crippen LogP contribution in [0.3, 0.4) is 0 Å². The molecule has 0 aliphatic carbocycles.